The first kappa shape index (κ1) is 17.5. The summed E-state index contributed by atoms with van der Waals surface area (Å²) in [6.07, 6.45) is -0.449. The molecule has 0 amide bonds. The molecule has 1 aromatic rings. The highest BCUT2D eigenvalue weighted by molar-refractivity contribution is 7.47. The molecule has 134 valence electrons. The molecule has 1 aromatic heterocycles. The molecule has 11 heteroatoms. The number of phosphoric acid groups is 1. The lowest BCUT2D eigenvalue weighted by molar-refractivity contribution is -0.175. The Balaban J connectivity index is 1.98. The molecule has 0 saturated carbocycles. The quantitative estimate of drug-likeness (QED) is 0.712. The van der Waals surface area contributed by atoms with Gasteiger partial charge in [-0.2, -0.15) is 4.98 Å². The van der Waals surface area contributed by atoms with Gasteiger partial charge in [-0.1, -0.05) is 6.92 Å². The van der Waals surface area contributed by atoms with Gasteiger partial charge < -0.3 is 20.1 Å². The second kappa shape index (κ2) is 5.91. The molecule has 2 fully saturated rings. The van der Waals surface area contributed by atoms with Crippen LogP contribution in [-0.2, 0) is 23.1 Å². The fourth-order valence-electron chi connectivity index (χ4n) is 3.05. The summed E-state index contributed by atoms with van der Waals surface area (Å²) in [6.45, 7) is 3.74. The number of aryl methyl sites for hydroxylation is 1. The average Bonchev–Trinajstić information content (AvgIpc) is 3.03. The number of hydrogen-bond acceptors (Lipinski definition) is 8. The van der Waals surface area contributed by atoms with Crippen molar-refractivity contribution in [3.8, 4) is 0 Å². The van der Waals surface area contributed by atoms with Crippen LogP contribution in [0.1, 0.15) is 25.1 Å². The average molecular weight is 361 g/mol. The maximum Gasteiger partial charge on any atom is 0.472 e. The van der Waals surface area contributed by atoms with E-state index >= 15 is 0 Å². The minimum atomic E-state index is -4.24. The van der Waals surface area contributed by atoms with Crippen LogP contribution in [0.4, 0.5) is 5.82 Å². The highest BCUT2D eigenvalue weighted by Crippen LogP contribution is 2.54. The van der Waals surface area contributed by atoms with E-state index in [1.165, 1.54) is 10.8 Å². The number of aromatic nitrogens is 2. The van der Waals surface area contributed by atoms with Gasteiger partial charge in [0.25, 0.3) is 0 Å². The lowest BCUT2D eigenvalue weighted by Gasteiger charge is -2.30. The molecule has 10 nitrogen and oxygen atoms in total. The molecule has 2 aliphatic rings. The topological polar surface area (TPSA) is 135 Å². The van der Waals surface area contributed by atoms with Gasteiger partial charge in [0, 0.05) is 18.9 Å². The number of nitrogens with zero attached hydrogens (tertiary/aromatic N) is 2. The van der Waals surface area contributed by atoms with E-state index in [9.17, 15) is 14.3 Å². The largest absolute Gasteiger partial charge is 0.472 e. The normalized spacial score (nSPS) is 34.4. The Hall–Kier alpha value is -1.29. The van der Waals surface area contributed by atoms with Crippen molar-refractivity contribution in [2.24, 2.45) is 0 Å². The molecular formula is C13H20N3O7P. The van der Waals surface area contributed by atoms with Crippen molar-refractivity contribution in [2.75, 3.05) is 19.5 Å². The van der Waals surface area contributed by atoms with Crippen molar-refractivity contribution < 1.29 is 28.0 Å². The molecule has 3 heterocycles. The molecule has 24 heavy (non-hydrogen) atoms. The van der Waals surface area contributed by atoms with Gasteiger partial charge in [-0.15, -0.1) is 0 Å². The van der Waals surface area contributed by atoms with Crippen molar-refractivity contribution in [1.29, 1.82) is 0 Å². The summed E-state index contributed by atoms with van der Waals surface area (Å²) in [4.78, 5) is 25.6. The summed E-state index contributed by atoms with van der Waals surface area (Å²) < 4.78 is 34.5. The summed E-state index contributed by atoms with van der Waals surface area (Å²) >= 11 is 0. The molecule has 0 spiro atoms. The zero-order chi connectivity index (χ0) is 17.7. The first-order chi connectivity index (χ1) is 11.2. The van der Waals surface area contributed by atoms with Crippen LogP contribution in [0.5, 0.6) is 0 Å². The molecule has 2 unspecified atom stereocenters. The predicted molar refractivity (Wildman–Crippen MR) is 82.2 cm³/mol. The van der Waals surface area contributed by atoms with E-state index in [2.05, 4.69) is 9.51 Å². The van der Waals surface area contributed by atoms with E-state index in [4.69, 9.17) is 19.7 Å². The highest BCUT2D eigenvalue weighted by atomic mass is 31.2. The summed E-state index contributed by atoms with van der Waals surface area (Å²) in [5.41, 5.74) is 4.70. The monoisotopic (exact) mass is 361 g/mol. The number of nitrogen functional groups attached to an aromatic ring is 1. The van der Waals surface area contributed by atoms with Crippen molar-refractivity contribution >= 4 is 13.6 Å². The van der Waals surface area contributed by atoms with Crippen molar-refractivity contribution in [3.05, 3.63) is 22.2 Å². The van der Waals surface area contributed by atoms with E-state index in [-0.39, 0.29) is 12.4 Å². The SMILES string of the molecule is CC[C@]12CO[C@@H](C1OP(=O)(O)OC)[C@H](n1cc(C)c(N)nc1=O)O2. The molecule has 3 N–H and O–H groups in total. The molecule has 2 aliphatic heterocycles. The highest BCUT2D eigenvalue weighted by Gasteiger charge is 2.63. The molecule has 2 saturated heterocycles. The van der Waals surface area contributed by atoms with Gasteiger partial charge in [0.05, 0.1) is 6.61 Å². The van der Waals surface area contributed by atoms with Gasteiger partial charge in [0.2, 0.25) is 0 Å². The van der Waals surface area contributed by atoms with Crippen LogP contribution < -0.4 is 11.4 Å². The van der Waals surface area contributed by atoms with E-state index in [1.54, 1.807) is 6.92 Å². The minimum Gasteiger partial charge on any atom is -0.383 e. The Labute approximate surface area is 138 Å². The molecule has 0 aromatic carbocycles. The lowest BCUT2D eigenvalue weighted by atomic mass is 9.96. The number of hydrogen-bond donors (Lipinski definition) is 2. The summed E-state index contributed by atoms with van der Waals surface area (Å²) in [5.74, 6) is 0.137. The Bertz CT molecular complexity index is 754. The molecule has 5 atom stereocenters. The van der Waals surface area contributed by atoms with Gasteiger partial charge in [-0.25, -0.2) is 9.36 Å². The zero-order valence-corrected chi connectivity index (χ0v) is 14.4. The third-order valence-electron chi connectivity index (χ3n) is 4.50. The molecule has 0 aliphatic carbocycles. The van der Waals surface area contributed by atoms with Crippen LogP contribution in [-0.4, -0.2) is 46.0 Å². The summed E-state index contributed by atoms with van der Waals surface area (Å²) in [6, 6.07) is 0. The Morgan fingerprint density at radius 3 is 2.96 bits per heavy atom. The van der Waals surface area contributed by atoms with Crippen LogP contribution in [0.25, 0.3) is 0 Å². The Morgan fingerprint density at radius 2 is 2.33 bits per heavy atom. The maximum absolute atomic E-state index is 12.2. The number of phosphoric ester groups is 1. The summed E-state index contributed by atoms with van der Waals surface area (Å²) in [5, 5.41) is 0. The second-order valence-corrected chi connectivity index (χ2v) is 7.39. The van der Waals surface area contributed by atoms with E-state index in [1.807, 2.05) is 6.92 Å². The first-order valence-corrected chi connectivity index (χ1v) is 8.94. The predicted octanol–water partition coefficient (Wildman–Crippen LogP) is 0.342. The number of rotatable bonds is 5. The standard InChI is InChI=1S/C13H20N3O7P/c1-4-13-6-21-8(9(13)23-24(18,19)20-3)11(22-13)16-5-7(2)10(14)15-12(16)17/h5,8-9,11H,4,6H2,1-3H3,(H,18,19)(H2,14,15,17)/t8-,9?,11+,13-/m0/s1. The maximum atomic E-state index is 12.2. The van der Waals surface area contributed by atoms with E-state index < -0.39 is 37.5 Å². The molecular weight excluding hydrogens is 341 g/mol. The van der Waals surface area contributed by atoms with Gasteiger partial charge >= 0.3 is 13.5 Å². The Kier molecular flexibility index (Phi) is 4.31. The Morgan fingerprint density at radius 1 is 1.62 bits per heavy atom. The lowest BCUT2D eigenvalue weighted by Crippen LogP contribution is -2.41. The number of nitrogens with two attached hydrogens (primary N) is 1. The van der Waals surface area contributed by atoms with Crippen LogP contribution in [0, 0.1) is 6.92 Å². The second-order valence-electron chi connectivity index (χ2n) is 5.88. The fraction of sp³-hybridized carbons (Fsp3) is 0.692. The van der Waals surface area contributed by atoms with Gasteiger partial charge in [0.1, 0.15) is 23.6 Å². The summed E-state index contributed by atoms with van der Waals surface area (Å²) in [7, 11) is -3.17. The van der Waals surface area contributed by atoms with Gasteiger partial charge in [-0.05, 0) is 13.3 Å². The van der Waals surface area contributed by atoms with Crippen molar-refractivity contribution in [3.63, 3.8) is 0 Å². The third kappa shape index (κ3) is 2.69. The van der Waals surface area contributed by atoms with E-state index in [0.29, 0.717) is 12.0 Å². The fourth-order valence-corrected chi connectivity index (χ4v) is 3.74. The van der Waals surface area contributed by atoms with E-state index in [0.717, 1.165) is 7.11 Å². The molecule has 3 rings (SSSR count). The van der Waals surface area contributed by atoms with Gasteiger partial charge in [-0.3, -0.25) is 13.6 Å². The van der Waals surface area contributed by atoms with Crippen molar-refractivity contribution in [1.82, 2.24) is 9.55 Å². The number of fused-ring (bicyclic) bond motifs is 2. The molecule has 0 radical (unpaired) electrons. The zero-order valence-electron chi connectivity index (χ0n) is 13.5. The van der Waals surface area contributed by atoms with Crippen LogP contribution in [0.15, 0.2) is 11.0 Å². The van der Waals surface area contributed by atoms with Crippen LogP contribution in [0.3, 0.4) is 0 Å². The smallest absolute Gasteiger partial charge is 0.383 e. The number of ether oxygens (including phenoxy) is 2. The number of anilines is 1. The minimum absolute atomic E-state index is 0.137. The third-order valence-corrected chi connectivity index (χ3v) is 5.45. The van der Waals surface area contributed by atoms with Gasteiger partial charge in [0.15, 0.2) is 6.23 Å². The van der Waals surface area contributed by atoms with Crippen molar-refractivity contribution in [2.45, 2.75) is 44.3 Å². The van der Waals surface area contributed by atoms with Crippen LogP contribution in [0.2, 0.25) is 0 Å². The molecule has 2 bridgehead atoms. The van der Waals surface area contributed by atoms with Crippen LogP contribution >= 0.6 is 7.82 Å². The first-order valence-electron chi connectivity index (χ1n) is 7.44.